The summed E-state index contributed by atoms with van der Waals surface area (Å²) in [6.45, 7) is 7.85. The largest absolute Gasteiger partial charge is 0.496 e. The van der Waals surface area contributed by atoms with Gasteiger partial charge in [-0.15, -0.1) is 0 Å². The Morgan fingerprint density at radius 1 is 1.35 bits per heavy atom. The van der Waals surface area contributed by atoms with E-state index in [1.165, 1.54) is 0 Å². The molecule has 0 saturated heterocycles. The fourth-order valence-corrected chi connectivity index (χ4v) is 2.35. The van der Waals surface area contributed by atoms with Crippen LogP contribution in [0.1, 0.15) is 37.0 Å². The number of rotatable bonds is 4. The number of benzene rings is 1. The highest BCUT2D eigenvalue weighted by atomic mass is 16.5. The maximum Gasteiger partial charge on any atom is 0.304 e. The number of carboxylic acids is 1. The molecule has 0 bridgehead atoms. The predicted octanol–water partition coefficient (Wildman–Crippen LogP) is 3.06. The van der Waals surface area contributed by atoms with E-state index in [1.807, 2.05) is 39.8 Å². The first-order valence-electron chi connectivity index (χ1n) is 5.66. The number of hydrogen-bond donors (Lipinski definition) is 1. The molecule has 0 aliphatic heterocycles. The lowest BCUT2D eigenvalue weighted by atomic mass is 9.78. The molecule has 3 heteroatoms. The van der Waals surface area contributed by atoms with Crippen molar-refractivity contribution < 1.29 is 14.6 Å². The molecule has 94 valence electrons. The Labute approximate surface area is 102 Å². The van der Waals surface area contributed by atoms with Crippen LogP contribution in [0.5, 0.6) is 5.75 Å². The molecule has 0 unspecified atom stereocenters. The van der Waals surface area contributed by atoms with Gasteiger partial charge in [0.05, 0.1) is 13.5 Å². The number of aliphatic carboxylic acids is 1. The molecule has 1 aromatic carbocycles. The predicted molar refractivity (Wildman–Crippen MR) is 67.7 cm³/mol. The van der Waals surface area contributed by atoms with Crippen molar-refractivity contribution in [2.45, 2.75) is 39.5 Å². The average Bonchev–Trinajstić information content (AvgIpc) is 2.15. The van der Waals surface area contributed by atoms with Crippen molar-refractivity contribution in [1.29, 1.82) is 0 Å². The van der Waals surface area contributed by atoms with Crippen LogP contribution in [0, 0.1) is 13.8 Å². The molecule has 1 aromatic rings. The molecular formula is C14H20O3. The Balaban J connectivity index is 3.27. The molecule has 0 atom stereocenters. The summed E-state index contributed by atoms with van der Waals surface area (Å²) in [5.74, 6) is 0.0647. The first-order valence-corrected chi connectivity index (χ1v) is 5.66. The third kappa shape index (κ3) is 2.78. The fraction of sp³-hybridized carbons (Fsp3) is 0.500. The van der Waals surface area contributed by atoms with E-state index in [0.29, 0.717) is 0 Å². The van der Waals surface area contributed by atoms with Gasteiger partial charge < -0.3 is 9.84 Å². The molecule has 0 radical (unpaired) electrons. The molecule has 3 nitrogen and oxygen atoms in total. The summed E-state index contributed by atoms with van der Waals surface area (Å²) in [6, 6.07) is 3.97. The third-order valence-corrected chi connectivity index (χ3v) is 3.13. The topological polar surface area (TPSA) is 46.5 Å². The van der Waals surface area contributed by atoms with E-state index in [1.54, 1.807) is 7.11 Å². The van der Waals surface area contributed by atoms with E-state index in [9.17, 15) is 4.79 Å². The highest BCUT2D eigenvalue weighted by molar-refractivity contribution is 5.69. The Morgan fingerprint density at radius 2 is 1.94 bits per heavy atom. The van der Waals surface area contributed by atoms with Gasteiger partial charge in [-0.1, -0.05) is 26.0 Å². The maximum absolute atomic E-state index is 10.9. The molecule has 0 fully saturated rings. The zero-order valence-electron chi connectivity index (χ0n) is 11.1. The van der Waals surface area contributed by atoms with Crippen LogP contribution < -0.4 is 4.74 Å². The second-order valence-corrected chi connectivity index (χ2v) is 5.04. The Hall–Kier alpha value is -1.51. The average molecular weight is 236 g/mol. The fourth-order valence-electron chi connectivity index (χ4n) is 2.35. The number of carbonyl (C=O) groups is 1. The van der Waals surface area contributed by atoms with Crippen molar-refractivity contribution in [3.05, 3.63) is 28.8 Å². The zero-order chi connectivity index (χ0) is 13.2. The summed E-state index contributed by atoms with van der Waals surface area (Å²) in [6.07, 6.45) is 0.111. The van der Waals surface area contributed by atoms with Gasteiger partial charge in [0.1, 0.15) is 5.75 Å². The van der Waals surface area contributed by atoms with Gasteiger partial charge in [-0.2, -0.15) is 0 Å². The summed E-state index contributed by atoms with van der Waals surface area (Å²) in [4.78, 5) is 10.9. The molecular weight excluding hydrogens is 216 g/mol. The normalized spacial score (nSPS) is 11.4. The summed E-state index contributed by atoms with van der Waals surface area (Å²) >= 11 is 0. The molecule has 0 spiro atoms. The van der Waals surface area contributed by atoms with E-state index in [2.05, 4.69) is 0 Å². The van der Waals surface area contributed by atoms with Crippen molar-refractivity contribution in [3.63, 3.8) is 0 Å². The van der Waals surface area contributed by atoms with Gasteiger partial charge in [0.2, 0.25) is 0 Å². The van der Waals surface area contributed by atoms with E-state index in [-0.39, 0.29) is 6.42 Å². The van der Waals surface area contributed by atoms with Gasteiger partial charge >= 0.3 is 5.97 Å². The number of aryl methyl sites for hydroxylation is 1. The van der Waals surface area contributed by atoms with Gasteiger partial charge in [0.25, 0.3) is 0 Å². The van der Waals surface area contributed by atoms with Crippen molar-refractivity contribution in [2.75, 3.05) is 7.11 Å². The molecule has 17 heavy (non-hydrogen) atoms. The number of ether oxygens (including phenoxy) is 1. The summed E-state index contributed by atoms with van der Waals surface area (Å²) in [7, 11) is 1.64. The van der Waals surface area contributed by atoms with Crippen LogP contribution in [-0.4, -0.2) is 18.2 Å². The van der Waals surface area contributed by atoms with Crippen molar-refractivity contribution in [2.24, 2.45) is 0 Å². The van der Waals surface area contributed by atoms with Gasteiger partial charge in [0.15, 0.2) is 0 Å². The second-order valence-electron chi connectivity index (χ2n) is 5.04. The lowest BCUT2D eigenvalue weighted by Gasteiger charge is -2.26. The smallest absolute Gasteiger partial charge is 0.304 e. The summed E-state index contributed by atoms with van der Waals surface area (Å²) in [5.41, 5.74) is 2.73. The van der Waals surface area contributed by atoms with Crippen LogP contribution in [0.4, 0.5) is 0 Å². The minimum atomic E-state index is -0.783. The minimum Gasteiger partial charge on any atom is -0.496 e. The number of methoxy groups -OCH3 is 1. The van der Waals surface area contributed by atoms with Gasteiger partial charge in [-0.05, 0) is 30.5 Å². The first-order chi connectivity index (χ1) is 7.79. The standard InChI is InChI=1S/C14H20O3/c1-9-6-7-11(10(2)13(9)17-5)14(3,4)8-12(15)16/h6-7H,8H2,1-5H3,(H,15,16). The van der Waals surface area contributed by atoms with Gasteiger partial charge in [-0.25, -0.2) is 0 Å². The molecule has 0 aromatic heterocycles. The first kappa shape index (κ1) is 13.6. The van der Waals surface area contributed by atoms with E-state index in [4.69, 9.17) is 9.84 Å². The van der Waals surface area contributed by atoms with Crippen LogP contribution in [-0.2, 0) is 10.2 Å². The Kier molecular flexibility index (Phi) is 3.81. The van der Waals surface area contributed by atoms with Crippen molar-refractivity contribution in [1.82, 2.24) is 0 Å². The molecule has 0 saturated carbocycles. The van der Waals surface area contributed by atoms with Crippen LogP contribution in [0.3, 0.4) is 0 Å². The lowest BCUT2D eigenvalue weighted by molar-refractivity contribution is -0.138. The summed E-state index contributed by atoms with van der Waals surface area (Å²) in [5, 5.41) is 8.95. The van der Waals surface area contributed by atoms with E-state index >= 15 is 0 Å². The molecule has 1 N–H and O–H groups in total. The zero-order valence-corrected chi connectivity index (χ0v) is 11.1. The second kappa shape index (κ2) is 4.78. The monoisotopic (exact) mass is 236 g/mol. The Morgan fingerprint density at radius 3 is 2.41 bits per heavy atom. The number of carboxylic acid groups (broad SMARTS) is 1. The van der Waals surface area contributed by atoms with Crippen LogP contribution in [0.2, 0.25) is 0 Å². The third-order valence-electron chi connectivity index (χ3n) is 3.13. The highest BCUT2D eigenvalue weighted by Crippen LogP contribution is 2.35. The maximum atomic E-state index is 10.9. The SMILES string of the molecule is COc1c(C)ccc(C(C)(C)CC(=O)O)c1C. The molecule has 1 rings (SSSR count). The van der Waals surface area contributed by atoms with Crippen molar-refractivity contribution in [3.8, 4) is 5.75 Å². The molecule has 0 amide bonds. The molecule has 0 aliphatic rings. The van der Waals surface area contributed by atoms with E-state index in [0.717, 1.165) is 22.4 Å². The van der Waals surface area contributed by atoms with Crippen LogP contribution >= 0.6 is 0 Å². The van der Waals surface area contributed by atoms with Crippen LogP contribution in [0.15, 0.2) is 12.1 Å². The Bertz CT molecular complexity index is 433. The van der Waals surface area contributed by atoms with Gasteiger partial charge in [-0.3, -0.25) is 4.79 Å². The minimum absolute atomic E-state index is 0.111. The summed E-state index contributed by atoms with van der Waals surface area (Å²) < 4.78 is 5.37. The number of hydrogen-bond acceptors (Lipinski definition) is 2. The van der Waals surface area contributed by atoms with Crippen LogP contribution in [0.25, 0.3) is 0 Å². The lowest BCUT2D eigenvalue weighted by Crippen LogP contribution is -2.23. The van der Waals surface area contributed by atoms with Crippen molar-refractivity contribution >= 4 is 5.97 Å². The quantitative estimate of drug-likeness (QED) is 0.874. The molecule has 0 aliphatic carbocycles. The van der Waals surface area contributed by atoms with E-state index < -0.39 is 11.4 Å². The highest BCUT2D eigenvalue weighted by Gasteiger charge is 2.27. The van der Waals surface area contributed by atoms with Gasteiger partial charge in [0, 0.05) is 5.41 Å². The molecule has 0 heterocycles.